The molecule has 1 aromatic heterocycles. The van der Waals surface area contributed by atoms with Gasteiger partial charge in [0.2, 0.25) is 5.91 Å². The summed E-state index contributed by atoms with van der Waals surface area (Å²) < 4.78 is 0. The zero-order valence-corrected chi connectivity index (χ0v) is 15.0. The Morgan fingerprint density at radius 2 is 1.84 bits per heavy atom. The molecule has 5 nitrogen and oxygen atoms in total. The number of amides is 1. The summed E-state index contributed by atoms with van der Waals surface area (Å²) in [5.74, 6) is 3.50. The van der Waals surface area contributed by atoms with E-state index in [1.165, 1.54) is 44.1 Å². The van der Waals surface area contributed by atoms with Crippen molar-refractivity contribution < 1.29 is 4.79 Å². The minimum atomic E-state index is 0.0363. The van der Waals surface area contributed by atoms with E-state index < -0.39 is 0 Å². The number of aromatic nitrogens is 2. The molecule has 4 aliphatic rings. The van der Waals surface area contributed by atoms with Crippen molar-refractivity contribution in [3.8, 4) is 0 Å². The van der Waals surface area contributed by atoms with Crippen LogP contribution in [0.2, 0.25) is 0 Å². The van der Waals surface area contributed by atoms with Crippen molar-refractivity contribution in [2.75, 3.05) is 18.4 Å². The number of nitrogens with one attached hydrogen (secondary N) is 2. The van der Waals surface area contributed by atoms with Gasteiger partial charge in [-0.2, -0.15) is 0 Å². The highest BCUT2D eigenvalue weighted by Crippen LogP contribution is 2.62. The topological polar surface area (TPSA) is 66.9 Å². The van der Waals surface area contributed by atoms with Crippen molar-refractivity contribution in [3.63, 3.8) is 0 Å². The normalized spacial score (nSPS) is 33.3. The summed E-state index contributed by atoms with van der Waals surface area (Å²) >= 11 is 0. The predicted molar refractivity (Wildman–Crippen MR) is 97.9 cm³/mol. The lowest BCUT2D eigenvalue weighted by Crippen LogP contribution is -2.46. The number of hydrogen-bond acceptors (Lipinski definition) is 4. The molecular weight excluding hydrogens is 312 g/mol. The lowest BCUT2D eigenvalue weighted by atomic mass is 9.48. The molecule has 1 amide bonds. The Bertz CT molecular complexity index is 620. The fourth-order valence-electron chi connectivity index (χ4n) is 5.76. The second-order valence-electron chi connectivity index (χ2n) is 8.33. The first-order valence-corrected chi connectivity index (χ1v) is 9.59. The van der Waals surface area contributed by atoms with Gasteiger partial charge in [-0.15, -0.1) is 0 Å². The third-order valence-corrected chi connectivity index (χ3v) is 6.52. The maximum Gasteiger partial charge on any atom is 0.244 e. The van der Waals surface area contributed by atoms with Crippen LogP contribution in [0.4, 0.5) is 5.82 Å². The van der Waals surface area contributed by atoms with Gasteiger partial charge < -0.3 is 10.6 Å². The Morgan fingerprint density at radius 1 is 1.16 bits per heavy atom. The van der Waals surface area contributed by atoms with Crippen LogP contribution in [0.1, 0.15) is 45.4 Å². The molecule has 0 saturated heterocycles. The van der Waals surface area contributed by atoms with Gasteiger partial charge in [0.05, 0.1) is 6.20 Å². The summed E-state index contributed by atoms with van der Waals surface area (Å²) in [6.45, 7) is 3.42. The summed E-state index contributed by atoms with van der Waals surface area (Å²) in [5, 5.41) is 6.14. The van der Waals surface area contributed by atoms with E-state index in [1.54, 1.807) is 18.6 Å². The molecule has 2 N–H and O–H groups in total. The fourth-order valence-corrected chi connectivity index (χ4v) is 5.76. The minimum absolute atomic E-state index is 0.0363. The molecule has 25 heavy (non-hydrogen) atoms. The second kappa shape index (κ2) is 6.77. The highest BCUT2D eigenvalue weighted by Gasteiger charge is 2.51. The molecule has 0 atom stereocenters. The van der Waals surface area contributed by atoms with Crippen LogP contribution >= 0.6 is 0 Å². The SMILES string of the molecule is CC(=CC(=O)NCCNc1cnccn1)C12CC3CC(CC(C3)C1)C2. The molecule has 4 bridgehead atoms. The number of hydrogen-bond donors (Lipinski definition) is 2. The highest BCUT2D eigenvalue weighted by molar-refractivity contribution is 5.88. The van der Waals surface area contributed by atoms with Crippen LogP contribution in [-0.2, 0) is 4.79 Å². The fraction of sp³-hybridized carbons (Fsp3) is 0.650. The molecule has 0 aromatic carbocycles. The van der Waals surface area contributed by atoms with Crippen molar-refractivity contribution in [1.29, 1.82) is 0 Å². The molecule has 0 spiro atoms. The Hall–Kier alpha value is -1.91. The van der Waals surface area contributed by atoms with Gasteiger partial charge in [0.1, 0.15) is 5.82 Å². The van der Waals surface area contributed by atoms with E-state index >= 15 is 0 Å². The van der Waals surface area contributed by atoms with E-state index in [0.29, 0.717) is 18.5 Å². The predicted octanol–water partition coefficient (Wildman–Crippen LogP) is 3.17. The van der Waals surface area contributed by atoms with Gasteiger partial charge >= 0.3 is 0 Å². The molecular formula is C20H28N4O. The molecule has 134 valence electrons. The molecule has 4 saturated carbocycles. The van der Waals surface area contributed by atoms with Crippen LogP contribution in [0.15, 0.2) is 30.2 Å². The van der Waals surface area contributed by atoms with Crippen molar-refractivity contribution in [2.45, 2.75) is 45.4 Å². The van der Waals surface area contributed by atoms with Crippen molar-refractivity contribution in [1.82, 2.24) is 15.3 Å². The molecule has 0 radical (unpaired) electrons. The summed E-state index contributed by atoms with van der Waals surface area (Å²) in [6.07, 6.45) is 15.1. The van der Waals surface area contributed by atoms with Gasteiger partial charge in [-0.3, -0.25) is 9.78 Å². The molecule has 4 fully saturated rings. The van der Waals surface area contributed by atoms with Gasteiger partial charge in [-0.25, -0.2) is 4.98 Å². The van der Waals surface area contributed by atoms with E-state index in [-0.39, 0.29) is 5.91 Å². The summed E-state index contributed by atoms with van der Waals surface area (Å²) in [7, 11) is 0. The van der Waals surface area contributed by atoms with E-state index in [1.807, 2.05) is 6.08 Å². The van der Waals surface area contributed by atoms with E-state index in [2.05, 4.69) is 27.5 Å². The number of rotatable bonds is 6. The maximum atomic E-state index is 12.3. The molecule has 0 aliphatic heterocycles. The standard InChI is InChI=1S/C20H28N4O/c1-14(20-10-15-7-16(11-20)9-17(8-15)12-20)6-19(25)24-5-4-23-18-13-21-2-3-22-18/h2-3,6,13,15-17H,4-5,7-12H2,1H3,(H,22,23)(H,24,25). The smallest absolute Gasteiger partial charge is 0.244 e. The van der Waals surface area contributed by atoms with E-state index in [9.17, 15) is 4.79 Å². The third-order valence-electron chi connectivity index (χ3n) is 6.52. The number of carbonyl (C=O) groups is 1. The molecule has 1 heterocycles. The number of anilines is 1. The van der Waals surface area contributed by atoms with E-state index in [4.69, 9.17) is 0 Å². The van der Waals surface area contributed by atoms with Crippen molar-refractivity contribution >= 4 is 11.7 Å². The van der Waals surface area contributed by atoms with Gasteiger partial charge in [0, 0.05) is 31.6 Å². The highest BCUT2D eigenvalue weighted by atomic mass is 16.1. The Morgan fingerprint density at radius 3 is 2.44 bits per heavy atom. The summed E-state index contributed by atoms with van der Waals surface area (Å²) in [6, 6.07) is 0. The Kier molecular flexibility index (Phi) is 4.48. The maximum absolute atomic E-state index is 12.3. The molecule has 5 rings (SSSR count). The van der Waals surface area contributed by atoms with Gasteiger partial charge in [-0.1, -0.05) is 5.57 Å². The molecule has 4 aliphatic carbocycles. The average molecular weight is 340 g/mol. The number of allylic oxidation sites excluding steroid dienone is 1. The first kappa shape index (κ1) is 16.6. The second-order valence-corrected chi connectivity index (χ2v) is 8.33. The Labute approximate surface area is 149 Å². The zero-order valence-electron chi connectivity index (χ0n) is 15.0. The Balaban J connectivity index is 1.29. The first-order chi connectivity index (χ1) is 12.1. The molecule has 1 aromatic rings. The molecule has 5 heteroatoms. The largest absolute Gasteiger partial charge is 0.367 e. The monoisotopic (exact) mass is 340 g/mol. The molecule has 0 unspecified atom stereocenters. The van der Waals surface area contributed by atoms with Crippen molar-refractivity contribution in [3.05, 3.63) is 30.2 Å². The van der Waals surface area contributed by atoms with Crippen LogP contribution in [0.5, 0.6) is 0 Å². The van der Waals surface area contributed by atoms with Gasteiger partial charge in [0.15, 0.2) is 0 Å². The minimum Gasteiger partial charge on any atom is -0.367 e. The zero-order chi connectivity index (χ0) is 17.3. The van der Waals surface area contributed by atoms with Crippen LogP contribution in [0, 0.1) is 23.2 Å². The number of nitrogens with zero attached hydrogens (tertiary/aromatic N) is 2. The van der Waals surface area contributed by atoms with Crippen LogP contribution in [0.3, 0.4) is 0 Å². The van der Waals surface area contributed by atoms with E-state index in [0.717, 1.165) is 23.6 Å². The van der Waals surface area contributed by atoms with Gasteiger partial charge in [-0.05, 0) is 68.6 Å². The lowest BCUT2D eigenvalue weighted by molar-refractivity contribution is -0.116. The quantitative estimate of drug-likeness (QED) is 0.616. The summed E-state index contributed by atoms with van der Waals surface area (Å²) in [5.41, 5.74) is 1.63. The van der Waals surface area contributed by atoms with Crippen LogP contribution < -0.4 is 10.6 Å². The third kappa shape index (κ3) is 3.55. The van der Waals surface area contributed by atoms with Crippen LogP contribution in [0.25, 0.3) is 0 Å². The van der Waals surface area contributed by atoms with Crippen LogP contribution in [-0.4, -0.2) is 29.0 Å². The van der Waals surface area contributed by atoms with Gasteiger partial charge in [0.25, 0.3) is 0 Å². The summed E-state index contributed by atoms with van der Waals surface area (Å²) in [4.78, 5) is 20.5. The lowest BCUT2D eigenvalue weighted by Gasteiger charge is -2.57. The van der Waals surface area contributed by atoms with Crippen molar-refractivity contribution in [2.24, 2.45) is 23.2 Å². The number of carbonyl (C=O) groups excluding carboxylic acids is 1. The average Bonchev–Trinajstić information content (AvgIpc) is 2.58. The first-order valence-electron chi connectivity index (χ1n) is 9.59.